The predicted molar refractivity (Wildman–Crippen MR) is 66.9 cm³/mol. The van der Waals surface area contributed by atoms with E-state index < -0.39 is 11.5 Å². The van der Waals surface area contributed by atoms with Crippen LogP contribution >= 0.6 is 11.8 Å². The Bertz CT molecular complexity index is 440. The summed E-state index contributed by atoms with van der Waals surface area (Å²) in [5.74, 6) is -0.743. The van der Waals surface area contributed by atoms with E-state index >= 15 is 0 Å². The zero-order valence-corrected chi connectivity index (χ0v) is 10.3. The van der Waals surface area contributed by atoms with E-state index in [0.29, 0.717) is 23.1 Å². The Kier molecular flexibility index (Phi) is 3.28. The van der Waals surface area contributed by atoms with E-state index in [1.165, 1.54) is 12.1 Å². The third-order valence-electron chi connectivity index (χ3n) is 2.87. The van der Waals surface area contributed by atoms with Crippen molar-refractivity contribution in [3.8, 4) is 0 Å². The molecule has 1 aromatic carbocycles. The maximum atomic E-state index is 13.1. The summed E-state index contributed by atoms with van der Waals surface area (Å²) in [5.41, 5.74) is -0.458. The van der Waals surface area contributed by atoms with Crippen molar-refractivity contribution in [2.24, 2.45) is 0 Å². The molecule has 3 nitrogen and oxygen atoms in total. The molecule has 2 unspecified atom stereocenters. The fourth-order valence-electron chi connectivity index (χ4n) is 2.03. The van der Waals surface area contributed by atoms with E-state index in [1.54, 1.807) is 23.9 Å². The number of halogens is 1. The van der Waals surface area contributed by atoms with E-state index in [-0.39, 0.29) is 5.82 Å². The number of carboxylic acids is 1. The molecule has 17 heavy (non-hydrogen) atoms. The number of aliphatic carboxylic acids is 1. The molecule has 0 aromatic heterocycles. The number of hydrogen-bond donors (Lipinski definition) is 2. The lowest BCUT2D eigenvalue weighted by atomic mass is 9.96. The molecule has 0 amide bonds. The van der Waals surface area contributed by atoms with Gasteiger partial charge in [-0.25, -0.2) is 9.18 Å². The monoisotopic (exact) mass is 255 g/mol. The van der Waals surface area contributed by atoms with Crippen LogP contribution in [0.25, 0.3) is 0 Å². The molecular formula is C12H14FNO2S. The molecule has 2 N–H and O–H groups in total. The van der Waals surface area contributed by atoms with Gasteiger partial charge in [-0.15, -0.1) is 0 Å². The molecule has 1 aromatic rings. The van der Waals surface area contributed by atoms with Crippen LogP contribution in [0.4, 0.5) is 10.1 Å². The van der Waals surface area contributed by atoms with Gasteiger partial charge in [0.15, 0.2) is 0 Å². The van der Waals surface area contributed by atoms with Gasteiger partial charge in [0.1, 0.15) is 11.4 Å². The van der Waals surface area contributed by atoms with Crippen molar-refractivity contribution in [1.29, 1.82) is 0 Å². The first-order chi connectivity index (χ1) is 8.02. The molecule has 5 heteroatoms. The van der Waals surface area contributed by atoms with Gasteiger partial charge < -0.3 is 10.4 Å². The molecule has 0 radical (unpaired) electrons. The van der Waals surface area contributed by atoms with Gasteiger partial charge in [0.25, 0.3) is 0 Å². The Morgan fingerprint density at radius 1 is 1.65 bits per heavy atom. The lowest BCUT2D eigenvalue weighted by Crippen LogP contribution is -2.46. The van der Waals surface area contributed by atoms with Crippen LogP contribution in [0.15, 0.2) is 24.3 Å². The van der Waals surface area contributed by atoms with Crippen LogP contribution in [0, 0.1) is 5.82 Å². The highest BCUT2D eigenvalue weighted by Crippen LogP contribution is 2.37. The minimum absolute atomic E-state index is 0.298. The summed E-state index contributed by atoms with van der Waals surface area (Å²) in [5, 5.41) is 12.6. The van der Waals surface area contributed by atoms with Gasteiger partial charge >= 0.3 is 5.97 Å². The predicted octanol–water partition coefficient (Wildman–Crippen LogP) is 2.59. The number of nitrogens with one attached hydrogen (secondary N) is 1. The molecule has 1 aliphatic rings. The molecule has 92 valence electrons. The second kappa shape index (κ2) is 4.56. The molecule has 0 spiro atoms. The van der Waals surface area contributed by atoms with Gasteiger partial charge in [0.2, 0.25) is 0 Å². The van der Waals surface area contributed by atoms with Gasteiger partial charge in [0.05, 0.1) is 0 Å². The summed E-state index contributed by atoms with van der Waals surface area (Å²) in [4.78, 5) is 11.4. The van der Waals surface area contributed by atoms with E-state index in [1.807, 2.05) is 6.92 Å². The summed E-state index contributed by atoms with van der Waals surface area (Å²) in [6.45, 7) is 2.00. The molecule has 1 heterocycles. The number of rotatable bonds is 3. The Hall–Kier alpha value is -1.23. The molecular weight excluding hydrogens is 241 g/mol. The highest BCUT2D eigenvalue weighted by molar-refractivity contribution is 8.00. The van der Waals surface area contributed by atoms with Crippen molar-refractivity contribution in [2.45, 2.75) is 24.1 Å². The quantitative estimate of drug-likeness (QED) is 0.871. The maximum absolute atomic E-state index is 13.1. The topological polar surface area (TPSA) is 49.3 Å². The van der Waals surface area contributed by atoms with Crippen molar-refractivity contribution in [1.82, 2.24) is 0 Å². The smallest absolute Gasteiger partial charge is 0.330 e. The Balaban J connectivity index is 2.22. The summed E-state index contributed by atoms with van der Waals surface area (Å²) in [6.07, 6.45) is 0.545. The zero-order valence-electron chi connectivity index (χ0n) is 9.44. The molecule has 0 aliphatic carbocycles. The normalized spacial score (nSPS) is 28.0. The maximum Gasteiger partial charge on any atom is 0.330 e. The number of anilines is 1. The summed E-state index contributed by atoms with van der Waals surface area (Å²) >= 11 is 1.62. The standard InChI is InChI=1S/C12H14FNO2S/c1-8-6-12(7-17-8,11(15)16)14-10-4-2-3-9(13)5-10/h2-5,8,14H,6-7H2,1H3,(H,15,16). The molecule has 1 fully saturated rings. The Labute approximate surface area is 103 Å². The van der Waals surface area contributed by atoms with Gasteiger partial charge in [-0.1, -0.05) is 13.0 Å². The fraction of sp³-hybridized carbons (Fsp3) is 0.417. The largest absolute Gasteiger partial charge is 0.479 e. The minimum atomic E-state index is -0.974. The van der Waals surface area contributed by atoms with Crippen LogP contribution in [0.5, 0.6) is 0 Å². The lowest BCUT2D eigenvalue weighted by Gasteiger charge is -2.26. The first kappa shape index (κ1) is 12.2. The second-order valence-corrected chi connectivity index (χ2v) is 5.78. The third kappa shape index (κ3) is 2.54. The van der Waals surface area contributed by atoms with Crippen molar-refractivity contribution >= 4 is 23.4 Å². The van der Waals surface area contributed by atoms with Crippen LogP contribution in [-0.4, -0.2) is 27.6 Å². The minimum Gasteiger partial charge on any atom is -0.479 e. The van der Waals surface area contributed by atoms with Crippen LogP contribution in [-0.2, 0) is 4.79 Å². The van der Waals surface area contributed by atoms with Gasteiger partial charge in [-0.3, -0.25) is 0 Å². The van der Waals surface area contributed by atoms with E-state index in [9.17, 15) is 14.3 Å². The molecule has 0 saturated carbocycles. The Morgan fingerprint density at radius 3 is 2.94 bits per heavy atom. The molecule has 2 rings (SSSR count). The molecule has 1 saturated heterocycles. The molecule has 0 bridgehead atoms. The zero-order chi connectivity index (χ0) is 12.5. The highest BCUT2D eigenvalue weighted by Gasteiger charge is 2.44. The van der Waals surface area contributed by atoms with Crippen molar-refractivity contribution in [3.63, 3.8) is 0 Å². The van der Waals surface area contributed by atoms with Crippen molar-refractivity contribution in [2.75, 3.05) is 11.1 Å². The number of hydrogen-bond acceptors (Lipinski definition) is 3. The van der Waals surface area contributed by atoms with Crippen molar-refractivity contribution < 1.29 is 14.3 Å². The lowest BCUT2D eigenvalue weighted by molar-refractivity contribution is -0.141. The van der Waals surface area contributed by atoms with Gasteiger partial charge in [-0.05, 0) is 24.6 Å². The van der Waals surface area contributed by atoms with E-state index in [2.05, 4.69) is 5.32 Å². The van der Waals surface area contributed by atoms with Gasteiger partial charge in [-0.2, -0.15) is 11.8 Å². The SMILES string of the molecule is CC1CC(Nc2cccc(F)c2)(C(=O)O)CS1. The fourth-order valence-corrected chi connectivity index (χ4v) is 3.31. The van der Waals surface area contributed by atoms with Crippen LogP contribution < -0.4 is 5.32 Å². The summed E-state index contributed by atoms with van der Waals surface area (Å²) in [6, 6.07) is 5.91. The molecule has 1 aliphatic heterocycles. The average molecular weight is 255 g/mol. The van der Waals surface area contributed by atoms with Crippen LogP contribution in [0.2, 0.25) is 0 Å². The number of thioether (sulfide) groups is 1. The first-order valence-electron chi connectivity index (χ1n) is 5.41. The number of benzene rings is 1. The first-order valence-corrected chi connectivity index (χ1v) is 6.45. The highest BCUT2D eigenvalue weighted by atomic mass is 32.2. The number of carboxylic acid groups (broad SMARTS) is 1. The molecule has 2 atom stereocenters. The third-order valence-corrected chi connectivity index (χ3v) is 4.26. The van der Waals surface area contributed by atoms with E-state index in [0.717, 1.165) is 0 Å². The number of carbonyl (C=O) groups is 1. The second-order valence-electron chi connectivity index (χ2n) is 4.35. The van der Waals surface area contributed by atoms with Crippen LogP contribution in [0.3, 0.4) is 0 Å². The van der Waals surface area contributed by atoms with Gasteiger partial charge in [0, 0.05) is 16.7 Å². The average Bonchev–Trinajstić information content (AvgIpc) is 2.61. The summed E-state index contributed by atoms with van der Waals surface area (Å²) in [7, 11) is 0. The Morgan fingerprint density at radius 2 is 2.41 bits per heavy atom. The van der Waals surface area contributed by atoms with Crippen molar-refractivity contribution in [3.05, 3.63) is 30.1 Å². The summed E-state index contributed by atoms with van der Waals surface area (Å²) < 4.78 is 13.1. The van der Waals surface area contributed by atoms with E-state index in [4.69, 9.17) is 0 Å². The van der Waals surface area contributed by atoms with Crippen LogP contribution in [0.1, 0.15) is 13.3 Å².